The molecule has 0 unspecified atom stereocenters. The molecule has 0 aromatic heterocycles. The molecule has 1 aromatic rings. The second-order valence-electron chi connectivity index (χ2n) is 5.07. The van der Waals surface area contributed by atoms with Gasteiger partial charge >= 0.3 is 0 Å². The van der Waals surface area contributed by atoms with Crippen LogP contribution in [0.2, 0.25) is 0 Å². The van der Waals surface area contributed by atoms with Crippen LogP contribution in [0.4, 0.5) is 0 Å². The summed E-state index contributed by atoms with van der Waals surface area (Å²) in [5.41, 5.74) is 0.398. The summed E-state index contributed by atoms with van der Waals surface area (Å²) >= 11 is 0. The molecule has 0 amide bonds. The molecular weight excluding hydrogens is 244 g/mol. The first kappa shape index (κ1) is 15.5. The van der Waals surface area contributed by atoms with Crippen LogP contribution >= 0.6 is 0 Å². The van der Waals surface area contributed by atoms with Crippen LogP contribution in [0.3, 0.4) is 0 Å². The zero-order valence-electron chi connectivity index (χ0n) is 12.1. The van der Waals surface area contributed by atoms with Crippen LogP contribution in [-0.2, 0) is 4.74 Å². The van der Waals surface area contributed by atoms with Crippen molar-refractivity contribution in [2.24, 2.45) is 0 Å². The normalized spacial score (nSPS) is 11.2. The highest BCUT2D eigenvalue weighted by atomic mass is 16.5. The average Bonchev–Trinajstić information content (AvgIpc) is 2.35. The second-order valence-corrected chi connectivity index (χ2v) is 5.07. The third-order valence-corrected chi connectivity index (χ3v) is 2.28. The van der Waals surface area contributed by atoms with Gasteiger partial charge in [-0.3, -0.25) is 4.79 Å². The minimum atomic E-state index is -0.173. The quantitative estimate of drug-likeness (QED) is 0.562. The average molecular weight is 266 g/mol. The van der Waals surface area contributed by atoms with Crippen molar-refractivity contribution in [2.75, 3.05) is 19.8 Å². The Bertz CT molecular complexity index is 407. The van der Waals surface area contributed by atoms with Crippen molar-refractivity contribution in [3.05, 3.63) is 23.8 Å². The van der Waals surface area contributed by atoms with Crippen molar-refractivity contribution in [3.8, 4) is 11.5 Å². The third-order valence-electron chi connectivity index (χ3n) is 2.28. The van der Waals surface area contributed by atoms with Crippen molar-refractivity contribution in [3.63, 3.8) is 0 Å². The molecule has 19 heavy (non-hydrogen) atoms. The highest BCUT2D eigenvalue weighted by molar-refractivity contribution is 5.76. The number of hydrogen-bond acceptors (Lipinski definition) is 4. The molecule has 106 valence electrons. The fourth-order valence-corrected chi connectivity index (χ4v) is 1.48. The maximum atomic E-state index is 10.7. The lowest BCUT2D eigenvalue weighted by molar-refractivity contribution is -0.0165. The van der Waals surface area contributed by atoms with Crippen LogP contribution < -0.4 is 9.47 Å². The van der Waals surface area contributed by atoms with E-state index in [1.165, 1.54) is 0 Å². The molecule has 0 bridgehead atoms. The molecule has 0 saturated carbocycles. The summed E-state index contributed by atoms with van der Waals surface area (Å²) in [6.45, 7) is 9.35. The van der Waals surface area contributed by atoms with E-state index in [1.807, 2.05) is 27.7 Å². The predicted molar refractivity (Wildman–Crippen MR) is 74.2 cm³/mol. The van der Waals surface area contributed by atoms with Crippen molar-refractivity contribution in [1.29, 1.82) is 0 Å². The number of carbonyl (C=O) groups is 1. The molecule has 0 aliphatic rings. The van der Waals surface area contributed by atoms with Gasteiger partial charge in [-0.2, -0.15) is 0 Å². The van der Waals surface area contributed by atoms with Crippen LogP contribution in [0.5, 0.6) is 11.5 Å². The van der Waals surface area contributed by atoms with E-state index < -0.39 is 0 Å². The van der Waals surface area contributed by atoms with E-state index in [2.05, 4.69) is 0 Å². The Balaban J connectivity index is 2.59. The predicted octanol–water partition coefficient (Wildman–Crippen LogP) is 3.09. The highest BCUT2D eigenvalue weighted by Crippen LogP contribution is 2.28. The van der Waals surface area contributed by atoms with Gasteiger partial charge in [0.1, 0.15) is 12.9 Å². The third kappa shape index (κ3) is 5.75. The number of hydrogen-bond donors (Lipinski definition) is 0. The Morgan fingerprint density at radius 1 is 1.11 bits per heavy atom. The van der Waals surface area contributed by atoms with Crippen molar-refractivity contribution < 1.29 is 19.0 Å². The molecule has 1 aromatic carbocycles. The van der Waals surface area contributed by atoms with Crippen LogP contribution in [0.25, 0.3) is 0 Å². The van der Waals surface area contributed by atoms with E-state index in [-0.39, 0.29) is 5.60 Å². The van der Waals surface area contributed by atoms with Gasteiger partial charge in [0.2, 0.25) is 0 Å². The Morgan fingerprint density at radius 3 is 2.42 bits per heavy atom. The number of benzene rings is 1. The summed E-state index contributed by atoms with van der Waals surface area (Å²) < 4.78 is 16.6. The molecule has 0 radical (unpaired) electrons. The number of rotatable bonds is 7. The van der Waals surface area contributed by atoms with Gasteiger partial charge in [-0.25, -0.2) is 0 Å². The zero-order valence-corrected chi connectivity index (χ0v) is 12.1. The first-order valence-electron chi connectivity index (χ1n) is 6.45. The summed E-state index contributed by atoms with van der Waals surface area (Å²) in [6, 6.07) is 5.12. The lowest BCUT2D eigenvalue weighted by Gasteiger charge is -2.20. The van der Waals surface area contributed by atoms with Gasteiger partial charge in [0.25, 0.3) is 0 Å². The lowest BCUT2D eigenvalue weighted by atomic mass is 10.2. The van der Waals surface area contributed by atoms with Gasteiger partial charge in [-0.1, -0.05) is 0 Å². The first-order valence-corrected chi connectivity index (χ1v) is 6.45. The number of aldehydes is 1. The topological polar surface area (TPSA) is 44.8 Å². The van der Waals surface area contributed by atoms with Crippen molar-refractivity contribution in [1.82, 2.24) is 0 Å². The van der Waals surface area contributed by atoms with E-state index in [0.717, 1.165) is 6.29 Å². The molecule has 0 N–H and O–H groups in total. The standard InChI is InChI=1S/C15H22O4/c1-5-17-14-10-12(11-16)6-7-13(14)18-8-9-19-15(2,3)4/h6-7,10-11H,5,8-9H2,1-4H3. The molecule has 0 heterocycles. The molecule has 0 fully saturated rings. The summed E-state index contributed by atoms with van der Waals surface area (Å²) in [5.74, 6) is 1.22. The molecule has 0 aliphatic carbocycles. The second kappa shape index (κ2) is 7.14. The zero-order chi connectivity index (χ0) is 14.3. The van der Waals surface area contributed by atoms with Gasteiger partial charge in [0, 0.05) is 5.56 Å². The van der Waals surface area contributed by atoms with Crippen molar-refractivity contribution in [2.45, 2.75) is 33.3 Å². The maximum absolute atomic E-state index is 10.7. The van der Waals surface area contributed by atoms with Gasteiger partial charge < -0.3 is 14.2 Å². The Kier molecular flexibility index (Phi) is 5.83. The van der Waals surface area contributed by atoms with Gasteiger partial charge in [0.05, 0.1) is 18.8 Å². The number of ether oxygens (including phenoxy) is 3. The Hall–Kier alpha value is -1.55. The van der Waals surface area contributed by atoms with E-state index in [9.17, 15) is 4.79 Å². The summed E-state index contributed by atoms with van der Waals surface area (Å²) in [5, 5.41) is 0. The van der Waals surface area contributed by atoms with E-state index in [0.29, 0.717) is 36.9 Å². The SMILES string of the molecule is CCOc1cc(C=O)ccc1OCCOC(C)(C)C. The molecular formula is C15H22O4. The van der Waals surface area contributed by atoms with Crippen LogP contribution in [-0.4, -0.2) is 31.7 Å². The van der Waals surface area contributed by atoms with Gasteiger partial charge in [0.15, 0.2) is 11.5 Å². The fourth-order valence-electron chi connectivity index (χ4n) is 1.48. The number of carbonyl (C=O) groups excluding carboxylic acids is 1. The van der Waals surface area contributed by atoms with E-state index >= 15 is 0 Å². The molecule has 4 heteroatoms. The molecule has 1 rings (SSSR count). The highest BCUT2D eigenvalue weighted by Gasteiger charge is 2.10. The maximum Gasteiger partial charge on any atom is 0.161 e. The van der Waals surface area contributed by atoms with Crippen LogP contribution in [0, 0.1) is 0 Å². The summed E-state index contributed by atoms with van der Waals surface area (Å²) in [4.78, 5) is 10.7. The monoisotopic (exact) mass is 266 g/mol. The van der Waals surface area contributed by atoms with E-state index in [1.54, 1.807) is 18.2 Å². The van der Waals surface area contributed by atoms with Crippen molar-refractivity contribution >= 4 is 6.29 Å². The van der Waals surface area contributed by atoms with Crippen LogP contribution in [0.1, 0.15) is 38.1 Å². The first-order chi connectivity index (χ1) is 8.96. The molecule has 0 spiro atoms. The van der Waals surface area contributed by atoms with Crippen LogP contribution in [0.15, 0.2) is 18.2 Å². The fraction of sp³-hybridized carbons (Fsp3) is 0.533. The Morgan fingerprint density at radius 2 is 1.84 bits per heavy atom. The molecule has 0 aliphatic heterocycles. The molecule has 4 nitrogen and oxygen atoms in total. The smallest absolute Gasteiger partial charge is 0.161 e. The summed E-state index contributed by atoms with van der Waals surface area (Å²) in [6.07, 6.45) is 0.787. The molecule has 0 atom stereocenters. The van der Waals surface area contributed by atoms with E-state index in [4.69, 9.17) is 14.2 Å². The lowest BCUT2D eigenvalue weighted by Crippen LogP contribution is -2.22. The minimum Gasteiger partial charge on any atom is -0.490 e. The van der Waals surface area contributed by atoms with Gasteiger partial charge in [-0.05, 0) is 45.9 Å². The van der Waals surface area contributed by atoms with Gasteiger partial charge in [-0.15, -0.1) is 0 Å². The summed E-state index contributed by atoms with van der Waals surface area (Å²) in [7, 11) is 0. The largest absolute Gasteiger partial charge is 0.490 e. The Labute approximate surface area is 114 Å². The molecule has 0 saturated heterocycles. The minimum absolute atomic E-state index is 0.173.